The molecule has 2 aromatic carbocycles. The minimum Gasteiger partial charge on any atom is -0.322 e. The van der Waals surface area contributed by atoms with E-state index < -0.39 is 4.92 Å². The smallest absolute Gasteiger partial charge is 0.269 e. The summed E-state index contributed by atoms with van der Waals surface area (Å²) in [5.41, 5.74) is 1.39. The van der Waals surface area contributed by atoms with Gasteiger partial charge in [-0.15, -0.1) is 11.3 Å². The molecule has 2 N–H and O–H groups in total. The number of amides is 2. The number of anilines is 2. The SMILES string of the molecule is O=C(Nc1ccc([N+](=O)[O-])cc1)c1ccc(NC(=O)c2cccs2)cc1. The third kappa shape index (κ3) is 4.11. The molecular formula is C18H13N3O4S. The number of benzene rings is 2. The van der Waals surface area contributed by atoms with Crippen LogP contribution >= 0.6 is 11.3 Å². The molecule has 130 valence electrons. The highest BCUT2D eigenvalue weighted by Crippen LogP contribution is 2.18. The summed E-state index contributed by atoms with van der Waals surface area (Å²) in [5, 5.41) is 17.9. The van der Waals surface area contributed by atoms with Crippen molar-refractivity contribution in [3.05, 3.63) is 86.6 Å². The summed E-state index contributed by atoms with van der Waals surface area (Å²) < 4.78 is 0. The second-order valence-electron chi connectivity index (χ2n) is 5.27. The number of rotatable bonds is 5. The molecule has 1 heterocycles. The van der Waals surface area contributed by atoms with E-state index in [9.17, 15) is 19.7 Å². The van der Waals surface area contributed by atoms with E-state index in [2.05, 4.69) is 10.6 Å². The molecule has 0 atom stereocenters. The van der Waals surface area contributed by atoms with E-state index in [4.69, 9.17) is 0 Å². The first-order valence-corrected chi connectivity index (χ1v) is 8.41. The van der Waals surface area contributed by atoms with E-state index in [1.165, 1.54) is 35.6 Å². The van der Waals surface area contributed by atoms with Gasteiger partial charge in [0.15, 0.2) is 0 Å². The van der Waals surface area contributed by atoms with Crippen LogP contribution in [0.1, 0.15) is 20.0 Å². The van der Waals surface area contributed by atoms with Crippen LogP contribution in [-0.2, 0) is 0 Å². The zero-order valence-electron chi connectivity index (χ0n) is 13.3. The monoisotopic (exact) mass is 367 g/mol. The van der Waals surface area contributed by atoms with Crippen molar-refractivity contribution in [2.75, 3.05) is 10.6 Å². The zero-order valence-corrected chi connectivity index (χ0v) is 14.2. The number of nitrogens with one attached hydrogen (secondary N) is 2. The Bertz CT molecular complexity index is 936. The lowest BCUT2D eigenvalue weighted by atomic mass is 10.2. The van der Waals surface area contributed by atoms with Gasteiger partial charge in [-0.2, -0.15) is 0 Å². The number of hydrogen-bond acceptors (Lipinski definition) is 5. The molecule has 0 saturated carbocycles. The maximum Gasteiger partial charge on any atom is 0.269 e. The van der Waals surface area contributed by atoms with Crippen molar-refractivity contribution in [1.82, 2.24) is 0 Å². The normalized spacial score (nSPS) is 10.2. The first-order chi connectivity index (χ1) is 12.5. The Morgan fingerprint density at radius 1 is 0.846 bits per heavy atom. The van der Waals surface area contributed by atoms with E-state index in [1.54, 1.807) is 36.4 Å². The number of nitro groups is 1. The summed E-state index contributed by atoms with van der Waals surface area (Å²) >= 11 is 1.34. The fourth-order valence-electron chi connectivity index (χ4n) is 2.18. The molecule has 8 heteroatoms. The fourth-order valence-corrected chi connectivity index (χ4v) is 2.79. The highest BCUT2D eigenvalue weighted by molar-refractivity contribution is 7.12. The van der Waals surface area contributed by atoms with Crippen LogP contribution in [0.5, 0.6) is 0 Å². The molecule has 0 spiro atoms. The summed E-state index contributed by atoms with van der Waals surface area (Å²) in [6.07, 6.45) is 0. The summed E-state index contributed by atoms with van der Waals surface area (Å²) in [5.74, 6) is -0.557. The quantitative estimate of drug-likeness (QED) is 0.522. The molecular weight excluding hydrogens is 354 g/mol. The van der Waals surface area contributed by atoms with Gasteiger partial charge in [0, 0.05) is 29.1 Å². The summed E-state index contributed by atoms with van der Waals surface area (Å²) in [6, 6.07) is 15.5. The minimum absolute atomic E-state index is 0.0474. The zero-order chi connectivity index (χ0) is 18.5. The molecule has 0 aliphatic rings. The predicted molar refractivity (Wildman–Crippen MR) is 99.8 cm³/mol. The highest BCUT2D eigenvalue weighted by Gasteiger charge is 2.10. The molecule has 7 nitrogen and oxygen atoms in total. The van der Waals surface area contributed by atoms with E-state index in [-0.39, 0.29) is 17.5 Å². The molecule has 0 radical (unpaired) electrons. The van der Waals surface area contributed by atoms with Crippen LogP contribution in [-0.4, -0.2) is 16.7 Å². The van der Waals surface area contributed by atoms with Crippen LogP contribution in [0, 0.1) is 10.1 Å². The van der Waals surface area contributed by atoms with Gasteiger partial charge in [-0.05, 0) is 47.8 Å². The van der Waals surface area contributed by atoms with Gasteiger partial charge in [-0.3, -0.25) is 19.7 Å². The molecule has 0 fully saturated rings. The van der Waals surface area contributed by atoms with Gasteiger partial charge < -0.3 is 10.6 Å². The van der Waals surface area contributed by atoms with E-state index in [0.29, 0.717) is 21.8 Å². The van der Waals surface area contributed by atoms with Crippen molar-refractivity contribution in [3.63, 3.8) is 0 Å². The topological polar surface area (TPSA) is 101 Å². The first-order valence-electron chi connectivity index (χ1n) is 7.53. The summed E-state index contributed by atoms with van der Waals surface area (Å²) in [4.78, 5) is 34.9. The Morgan fingerprint density at radius 2 is 1.42 bits per heavy atom. The molecule has 0 aliphatic carbocycles. The predicted octanol–water partition coefficient (Wildman–Crippen LogP) is 4.16. The van der Waals surface area contributed by atoms with Gasteiger partial charge in [0.05, 0.1) is 9.80 Å². The largest absolute Gasteiger partial charge is 0.322 e. The average Bonchev–Trinajstić information content (AvgIpc) is 3.17. The van der Waals surface area contributed by atoms with Crippen LogP contribution in [0.4, 0.5) is 17.1 Å². The lowest BCUT2D eigenvalue weighted by molar-refractivity contribution is -0.384. The minimum atomic E-state index is -0.505. The van der Waals surface area contributed by atoms with E-state index >= 15 is 0 Å². The fraction of sp³-hybridized carbons (Fsp3) is 0. The Kier molecular flexibility index (Phi) is 5.04. The van der Waals surface area contributed by atoms with Crippen LogP contribution < -0.4 is 10.6 Å². The van der Waals surface area contributed by atoms with Crippen molar-refractivity contribution in [2.24, 2.45) is 0 Å². The van der Waals surface area contributed by atoms with Gasteiger partial charge in [-0.1, -0.05) is 6.07 Å². The van der Waals surface area contributed by atoms with Crippen molar-refractivity contribution in [2.45, 2.75) is 0 Å². The standard InChI is InChI=1S/C18H13N3O4S/c22-17(19-14-7-9-15(10-8-14)21(24)25)12-3-5-13(6-4-12)20-18(23)16-2-1-11-26-16/h1-11H,(H,19,22)(H,20,23). The molecule has 3 aromatic rings. The number of hydrogen-bond donors (Lipinski definition) is 2. The first kappa shape index (κ1) is 17.3. The van der Waals surface area contributed by atoms with E-state index in [1.807, 2.05) is 5.38 Å². The molecule has 0 unspecified atom stereocenters. The molecule has 0 saturated heterocycles. The number of nitro benzene ring substituents is 1. The third-order valence-corrected chi connectivity index (χ3v) is 4.35. The Balaban J connectivity index is 1.63. The Hall–Kier alpha value is -3.52. The average molecular weight is 367 g/mol. The second kappa shape index (κ2) is 7.58. The van der Waals surface area contributed by atoms with Crippen LogP contribution in [0.25, 0.3) is 0 Å². The Labute approximate surface area is 152 Å². The van der Waals surface area contributed by atoms with Crippen molar-refractivity contribution >= 4 is 40.2 Å². The highest BCUT2D eigenvalue weighted by atomic mass is 32.1. The van der Waals surface area contributed by atoms with Crippen molar-refractivity contribution in [1.29, 1.82) is 0 Å². The van der Waals surface area contributed by atoms with Gasteiger partial charge in [0.1, 0.15) is 0 Å². The molecule has 1 aromatic heterocycles. The number of carbonyl (C=O) groups is 2. The molecule has 2 amide bonds. The van der Waals surface area contributed by atoms with Gasteiger partial charge in [-0.25, -0.2) is 0 Å². The van der Waals surface area contributed by atoms with Crippen molar-refractivity contribution in [3.8, 4) is 0 Å². The van der Waals surface area contributed by atoms with Crippen molar-refractivity contribution < 1.29 is 14.5 Å². The lowest BCUT2D eigenvalue weighted by Crippen LogP contribution is -2.13. The van der Waals surface area contributed by atoms with Gasteiger partial charge >= 0.3 is 0 Å². The van der Waals surface area contributed by atoms with Crippen LogP contribution in [0.15, 0.2) is 66.0 Å². The second-order valence-corrected chi connectivity index (χ2v) is 6.21. The maximum absolute atomic E-state index is 12.2. The number of carbonyl (C=O) groups excluding carboxylic acids is 2. The maximum atomic E-state index is 12.2. The molecule has 0 aliphatic heterocycles. The van der Waals surface area contributed by atoms with Crippen LogP contribution in [0.3, 0.4) is 0 Å². The molecule has 26 heavy (non-hydrogen) atoms. The number of non-ortho nitro benzene ring substituents is 1. The lowest BCUT2D eigenvalue weighted by Gasteiger charge is -2.07. The van der Waals surface area contributed by atoms with Gasteiger partial charge in [0.2, 0.25) is 0 Å². The van der Waals surface area contributed by atoms with Gasteiger partial charge in [0.25, 0.3) is 17.5 Å². The number of nitrogens with zero attached hydrogens (tertiary/aromatic N) is 1. The molecule has 0 bridgehead atoms. The Morgan fingerprint density at radius 3 is 1.96 bits per heavy atom. The third-order valence-electron chi connectivity index (χ3n) is 3.49. The summed E-state index contributed by atoms with van der Waals surface area (Å²) in [6.45, 7) is 0. The molecule has 3 rings (SSSR count). The van der Waals surface area contributed by atoms with Crippen LogP contribution in [0.2, 0.25) is 0 Å². The number of thiophene rings is 1. The summed E-state index contributed by atoms with van der Waals surface area (Å²) in [7, 11) is 0. The van der Waals surface area contributed by atoms with E-state index in [0.717, 1.165) is 0 Å².